The van der Waals surface area contributed by atoms with Crippen molar-refractivity contribution >= 4 is 23.9 Å². The molecule has 1 aromatic rings. The highest BCUT2D eigenvalue weighted by Crippen LogP contribution is 2.34. The van der Waals surface area contributed by atoms with Gasteiger partial charge in [-0.05, 0) is 85.4 Å². The van der Waals surface area contributed by atoms with Crippen LogP contribution in [-0.4, -0.2) is 50.2 Å². The van der Waals surface area contributed by atoms with E-state index in [4.69, 9.17) is 18.9 Å². The van der Waals surface area contributed by atoms with E-state index < -0.39 is 40.2 Å². The molecule has 0 saturated heterocycles. The molecule has 0 unspecified atom stereocenters. The molecule has 0 amide bonds. The van der Waals surface area contributed by atoms with Crippen LogP contribution in [0.3, 0.4) is 0 Å². The van der Waals surface area contributed by atoms with Crippen molar-refractivity contribution in [2.24, 2.45) is 16.2 Å². The van der Waals surface area contributed by atoms with Gasteiger partial charge in [0.25, 0.3) is 0 Å². The minimum atomic E-state index is -0.753. The molecule has 0 aliphatic rings. The molecule has 1 rings (SSSR count). The van der Waals surface area contributed by atoms with Gasteiger partial charge in [-0.1, -0.05) is 19.9 Å². The van der Waals surface area contributed by atoms with Gasteiger partial charge in [0, 0.05) is 6.54 Å². The Morgan fingerprint density at radius 3 is 1.82 bits per heavy atom. The summed E-state index contributed by atoms with van der Waals surface area (Å²) in [6.07, 6.45) is 1.31. The van der Waals surface area contributed by atoms with E-state index in [0.29, 0.717) is 18.4 Å². The zero-order chi connectivity index (χ0) is 29.3. The van der Waals surface area contributed by atoms with E-state index in [1.54, 1.807) is 66.7 Å². The molecule has 0 aliphatic heterocycles. The van der Waals surface area contributed by atoms with E-state index in [1.807, 2.05) is 13.8 Å². The van der Waals surface area contributed by atoms with Gasteiger partial charge in [0.2, 0.25) is 0 Å². The van der Waals surface area contributed by atoms with Crippen LogP contribution in [0.1, 0.15) is 80.7 Å². The fourth-order valence-electron chi connectivity index (χ4n) is 2.82. The van der Waals surface area contributed by atoms with Gasteiger partial charge in [0.15, 0.2) is 11.5 Å². The second-order valence-electron chi connectivity index (χ2n) is 11.7. The maximum absolute atomic E-state index is 12.9. The van der Waals surface area contributed by atoms with Crippen molar-refractivity contribution in [3.8, 4) is 11.5 Å². The fourth-order valence-corrected chi connectivity index (χ4v) is 2.82. The van der Waals surface area contributed by atoms with E-state index in [-0.39, 0.29) is 37.0 Å². The largest absolute Gasteiger partial charge is 0.468 e. The molecule has 0 fully saturated rings. The third-order valence-electron chi connectivity index (χ3n) is 6.55. The van der Waals surface area contributed by atoms with E-state index in [1.165, 1.54) is 7.11 Å². The van der Waals surface area contributed by atoms with Crippen LogP contribution in [0.25, 0.3) is 0 Å². The van der Waals surface area contributed by atoms with E-state index in [0.717, 1.165) is 0 Å². The SMILES string of the molecule is CCC(C)(C)C(=O)Oc1ccc(C[C@H](NCCOC(=O)C(C)(C)C)C(=O)OC)cc1OC(=O)C(C)(C)CC. The lowest BCUT2D eigenvalue weighted by Gasteiger charge is -2.24. The van der Waals surface area contributed by atoms with Gasteiger partial charge in [-0.3, -0.25) is 19.2 Å². The lowest BCUT2D eigenvalue weighted by molar-refractivity contribution is -0.152. The minimum Gasteiger partial charge on any atom is -0.468 e. The predicted molar refractivity (Wildman–Crippen MR) is 144 cm³/mol. The van der Waals surface area contributed by atoms with Crippen molar-refractivity contribution in [2.45, 2.75) is 87.6 Å². The molecule has 38 heavy (non-hydrogen) atoms. The van der Waals surface area contributed by atoms with Crippen molar-refractivity contribution in [3.63, 3.8) is 0 Å². The molecule has 0 bridgehead atoms. The molecule has 214 valence electrons. The molecule has 0 aliphatic carbocycles. The summed E-state index contributed by atoms with van der Waals surface area (Å²) in [7, 11) is 1.29. The van der Waals surface area contributed by atoms with E-state index >= 15 is 0 Å². The predicted octanol–water partition coefficient (Wildman–Crippen LogP) is 4.63. The van der Waals surface area contributed by atoms with Crippen LogP contribution in [0.5, 0.6) is 11.5 Å². The number of nitrogens with one attached hydrogen (secondary N) is 1. The van der Waals surface area contributed by atoms with Crippen LogP contribution in [0, 0.1) is 16.2 Å². The van der Waals surface area contributed by atoms with E-state index in [9.17, 15) is 19.2 Å². The average molecular weight is 536 g/mol. The number of ether oxygens (including phenoxy) is 4. The quantitative estimate of drug-likeness (QED) is 0.219. The van der Waals surface area contributed by atoms with Crippen LogP contribution < -0.4 is 14.8 Å². The highest BCUT2D eigenvalue weighted by atomic mass is 16.6. The van der Waals surface area contributed by atoms with Gasteiger partial charge in [-0.25, -0.2) is 0 Å². The number of rotatable bonds is 13. The zero-order valence-corrected chi connectivity index (χ0v) is 24.6. The van der Waals surface area contributed by atoms with Gasteiger partial charge in [0.1, 0.15) is 12.6 Å². The Balaban J connectivity index is 3.18. The average Bonchev–Trinajstić information content (AvgIpc) is 2.85. The number of carbonyl (C=O) groups is 4. The van der Waals surface area contributed by atoms with Crippen LogP contribution >= 0.6 is 0 Å². The first-order chi connectivity index (χ1) is 17.5. The zero-order valence-electron chi connectivity index (χ0n) is 24.6. The molecular formula is C29H45NO8. The third kappa shape index (κ3) is 9.74. The number of carbonyl (C=O) groups excluding carboxylic acids is 4. The number of hydrogen-bond donors (Lipinski definition) is 1. The molecule has 0 saturated carbocycles. The van der Waals surface area contributed by atoms with Crippen LogP contribution in [0.4, 0.5) is 0 Å². The van der Waals surface area contributed by atoms with Gasteiger partial charge in [0.05, 0.1) is 23.4 Å². The Bertz CT molecular complexity index is 991. The highest BCUT2D eigenvalue weighted by molar-refractivity contribution is 5.82. The number of benzene rings is 1. The summed E-state index contributed by atoms with van der Waals surface area (Å²) in [5.74, 6) is -1.54. The molecule has 1 atom stereocenters. The van der Waals surface area contributed by atoms with Crippen LogP contribution in [0.15, 0.2) is 18.2 Å². The summed E-state index contributed by atoms with van der Waals surface area (Å²) in [5, 5.41) is 3.05. The first-order valence-electron chi connectivity index (χ1n) is 13.0. The molecule has 9 nitrogen and oxygen atoms in total. The first-order valence-corrected chi connectivity index (χ1v) is 13.0. The standard InChI is InChI=1S/C29H45NO8/c1-11-28(6,7)25(33)37-21-14-13-19(18-22(21)38-26(34)29(8,9)12-2)17-20(23(31)35-10)30-15-16-36-24(32)27(3,4)5/h13-14,18,20,30H,11-12,15-17H2,1-10H3/t20-/m0/s1. The number of hydrogen-bond acceptors (Lipinski definition) is 9. The van der Waals surface area contributed by atoms with Gasteiger partial charge in [-0.15, -0.1) is 0 Å². The van der Waals surface area contributed by atoms with Crippen molar-refractivity contribution in [1.82, 2.24) is 5.32 Å². The Morgan fingerprint density at radius 2 is 1.34 bits per heavy atom. The normalized spacial score (nSPS) is 12.9. The molecule has 0 heterocycles. The molecule has 0 aromatic heterocycles. The van der Waals surface area contributed by atoms with Crippen molar-refractivity contribution in [1.29, 1.82) is 0 Å². The molecule has 0 radical (unpaired) electrons. The monoisotopic (exact) mass is 535 g/mol. The van der Waals surface area contributed by atoms with E-state index in [2.05, 4.69) is 5.32 Å². The summed E-state index contributed by atoms with van der Waals surface area (Å²) in [5.41, 5.74) is -1.45. The number of methoxy groups -OCH3 is 1. The second kappa shape index (κ2) is 13.7. The van der Waals surface area contributed by atoms with Crippen molar-refractivity contribution in [3.05, 3.63) is 23.8 Å². The Hall–Kier alpha value is -2.94. The van der Waals surface area contributed by atoms with Crippen molar-refractivity contribution in [2.75, 3.05) is 20.3 Å². The highest BCUT2D eigenvalue weighted by Gasteiger charge is 2.32. The lowest BCUT2D eigenvalue weighted by Crippen LogP contribution is -2.41. The molecule has 1 aromatic carbocycles. The second-order valence-corrected chi connectivity index (χ2v) is 11.7. The van der Waals surface area contributed by atoms with Gasteiger partial charge >= 0.3 is 23.9 Å². The topological polar surface area (TPSA) is 117 Å². The van der Waals surface area contributed by atoms with Crippen LogP contribution in [-0.2, 0) is 35.1 Å². The lowest BCUT2D eigenvalue weighted by atomic mass is 9.90. The fraction of sp³-hybridized carbons (Fsp3) is 0.655. The van der Waals surface area contributed by atoms with Gasteiger partial charge < -0.3 is 24.3 Å². The summed E-state index contributed by atoms with van der Waals surface area (Å²) in [6.45, 7) is 16.5. The summed E-state index contributed by atoms with van der Waals surface area (Å²) in [6, 6.07) is 4.08. The maximum atomic E-state index is 12.9. The number of esters is 4. The molecule has 1 N–H and O–H groups in total. The molecule has 0 spiro atoms. The van der Waals surface area contributed by atoms with Crippen molar-refractivity contribution < 1.29 is 38.1 Å². The first kappa shape index (κ1) is 33.1. The smallest absolute Gasteiger partial charge is 0.323 e. The minimum absolute atomic E-state index is 0.0840. The molecule has 9 heteroatoms. The Labute approximate surface area is 226 Å². The summed E-state index contributed by atoms with van der Waals surface area (Å²) in [4.78, 5) is 50.0. The van der Waals surface area contributed by atoms with Crippen LogP contribution in [0.2, 0.25) is 0 Å². The Kier molecular flexibility index (Phi) is 12.0. The summed E-state index contributed by atoms with van der Waals surface area (Å²) < 4.78 is 21.5. The van der Waals surface area contributed by atoms with Gasteiger partial charge in [-0.2, -0.15) is 0 Å². The molecular weight excluding hydrogens is 490 g/mol. The maximum Gasteiger partial charge on any atom is 0.323 e. The Morgan fingerprint density at radius 1 is 0.816 bits per heavy atom. The third-order valence-corrected chi connectivity index (χ3v) is 6.55. The summed E-state index contributed by atoms with van der Waals surface area (Å²) >= 11 is 0.